The normalized spacial score (nSPS) is 11.8. The smallest absolute Gasteiger partial charge is 0.272 e. The Hall–Kier alpha value is -4.74. The summed E-state index contributed by atoms with van der Waals surface area (Å²) in [5, 5.41) is 19.0. The van der Waals surface area contributed by atoms with E-state index in [4.69, 9.17) is 0 Å². The number of nitrogens with one attached hydrogen (secondary N) is 3. The van der Waals surface area contributed by atoms with Gasteiger partial charge in [0.2, 0.25) is 5.91 Å². The first kappa shape index (κ1) is 32.2. The molecule has 3 amide bonds. The van der Waals surface area contributed by atoms with E-state index in [0.29, 0.717) is 28.9 Å². The lowest BCUT2D eigenvalue weighted by molar-refractivity contribution is -0.384. The van der Waals surface area contributed by atoms with Crippen molar-refractivity contribution in [2.75, 3.05) is 10.6 Å². The second kappa shape index (κ2) is 15.1. The van der Waals surface area contributed by atoms with E-state index < -0.39 is 22.0 Å². The summed E-state index contributed by atoms with van der Waals surface area (Å²) >= 11 is 4.73. The Balaban J connectivity index is 1.49. The number of aryl methyl sites for hydroxylation is 1. The largest absolute Gasteiger partial charge is 0.325 e. The molecule has 0 heterocycles. The average Bonchev–Trinajstić information content (AvgIpc) is 3.02. The second-order valence-electron chi connectivity index (χ2n) is 9.67. The van der Waals surface area contributed by atoms with Crippen LogP contribution >= 0.6 is 27.7 Å². The molecule has 9 nitrogen and oxygen atoms in total. The zero-order valence-corrected chi connectivity index (χ0v) is 26.3. The molecule has 0 fully saturated rings. The molecular weight excluding hydrogens is 644 g/mol. The molecule has 44 heavy (non-hydrogen) atoms. The topological polar surface area (TPSA) is 130 Å². The Morgan fingerprint density at radius 2 is 1.66 bits per heavy atom. The summed E-state index contributed by atoms with van der Waals surface area (Å²) in [6.45, 7) is 3.59. The van der Waals surface area contributed by atoms with Gasteiger partial charge in [0.15, 0.2) is 0 Å². The van der Waals surface area contributed by atoms with Crippen LogP contribution in [0.5, 0.6) is 0 Å². The Labute approximate surface area is 267 Å². The lowest BCUT2D eigenvalue weighted by atomic mass is 10.1. The number of anilines is 2. The van der Waals surface area contributed by atoms with Gasteiger partial charge in [0.05, 0.1) is 10.2 Å². The van der Waals surface area contributed by atoms with Crippen LogP contribution in [0.3, 0.4) is 0 Å². The molecule has 11 heteroatoms. The number of hydrogen-bond donors (Lipinski definition) is 3. The summed E-state index contributed by atoms with van der Waals surface area (Å²) in [7, 11) is 0. The molecule has 0 spiro atoms. The highest BCUT2D eigenvalue weighted by Crippen LogP contribution is 2.30. The average molecular weight is 674 g/mol. The summed E-state index contributed by atoms with van der Waals surface area (Å²) in [5.74, 6) is -1.18. The fraction of sp³-hybridized carbons (Fsp3) is 0.121. The molecule has 224 valence electrons. The van der Waals surface area contributed by atoms with Crippen molar-refractivity contribution in [1.82, 2.24) is 5.32 Å². The van der Waals surface area contributed by atoms with Crippen LogP contribution in [0.4, 0.5) is 17.1 Å². The molecule has 0 aliphatic rings. The number of amides is 3. The van der Waals surface area contributed by atoms with E-state index in [-0.39, 0.29) is 17.3 Å². The molecule has 0 radical (unpaired) electrons. The summed E-state index contributed by atoms with van der Waals surface area (Å²) in [6.07, 6.45) is 2.11. The first-order chi connectivity index (χ1) is 21.1. The number of benzene rings is 4. The van der Waals surface area contributed by atoms with Gasteiger partial charge in [-0.2, -0.15) is 0 Å². The fourth-order valence-corrected chi connectivity index (χ4v) is 5.39. The van der Waals surface area contributed by atoms with Crippen LogP contribution in [0, 0.1) is 17.0 Å². The van der Waals surface area contributed by atoms with Crippen LogP contribution in [0.2, 0.25) is 0 Å². The number of nitrogens with zero attached hydrogens (tertiary/aromatic N) is 1. The Bertz CT molecular complexity index is 1710. The molecule has 0 saturated heterocycles. The predicted molar refractivity (Wildman–Crippen MR) is 177 cm³/mol. The molecule has 0 bridgehead atoms. The predicted octanol–water partition coefficient (Wildman–Crippen LogP) is 7.58. The van der Waals surface area contributed by atoms with Crippen molar-refractivity contribution < 1.29 is 19.3 Å². The van der Waals surface area contributed by atoms with Crippen molar-refractivity contribution in [2.24, 2.45) is 0 Å². The van der Waals surface area contributed by atoms with Crippen LogP contribution in [0.15, 0.2) is 112 Å². The van der Waals surface area contributed by atoms with Gasteiger partial charge in [0.1, 0.15) is 5.70 Å². The maximum atomic E-state index is 13.4. The van der Waals surface area contributed by atoms with Crippen molar-refractivity contribution in [2.45, 2.75) is 30.4 Å². The zero-order valence-electron chi connectivity index (χ0n) is 23.9. The number of nitro groups is 1. The first-order valence-corrected chi connectivity index (χ1v) is 15.3. The Kier molecular flexibility index (Phi) is 11.1. The number of nitro benzene ring substituents is 1. The molecule has 0 saturated carbocycles. The van der Waals surface area contributed by atoms with E-state index >= 15 is 0 Å². The van der Waals surface area contributed by atoms with Crippen LogP contribution < -0.4 is 16.0 Å². The molecule has 4 rings (SSSR count). The van der Waals surface area contributed by atoms with Gasteiger partial charge < -0.3 is 16.0 Å². The van der Waals surface area contributed by atoms with E-state index in [0.717, 1.165) is 14.9 Å². The van der Waals surface area contributed by atoms with Gasteiger partial charge in [-0.1, -0.05) is 59.3 Å². The highest BCUT2D eigenvalue weighted by Gasteiger charge is 2.20. The van der Waals surface area contributed by atoms with Gasteiger partial charge in [-0.15, -0.1) is 11.8 Å². The summed E-state index contributed by atoms with van der Waals surface area (Å²) in [4.78, 5) is 50.8. The molecule has 0 aliphatic carbocycles. The molecule has 1 atom stereocenters. The van der Waals surface area contributed by atoms with Crippen molar-refractivity contribution in [3.8, 4) is 0 Å². The lowest BCUT2D eigenvalue weighted by Gasteiger charge is -2.17. The van der Waals surface area contributed by atoms with Crippen LogP contribution in [0.1, 0.15) is 34.8 Å². The standard InChI is InChI=1S/C33H29BrN4O5S/c1-3-30(33(41)36-28-17-16-26(38(42)43)18-21(28)2)44-27-11-7-10-25(20-27)35-32(40)29(19-22-12-14-24(34)15-13-22)37-31(39)23-8-5-4-6-9-23/h4-20,30H,3H2,1-2H3,(H,35,40)(H,36,41)(H,37,39)/b29-19-. The van der Waals surface area contributed by atoms with Gasteiger partial charge in [-0.05, 0) is 79.1 Å². The summed E-state index contributed by atoms with van der Waals surface area (Å²) in [6, 6.07) is 27.3. The van der Waals surface area contributed by atoms with Crippen molar-refractivity contribution in [3.05, 3.63) is 134 Å². The molecule has 4 aromatic rings. The maximum Gasteiger partial charge on any atom is 0.272 e. The van der Waals surface area contributed by atoms with Crippen molar-refractivity contribution >= 4 is 68.6 Å². The molecule has 3 N–H and O–H groups in total. The van der Waals surface area contributed by atoms with Crippen molar-refractivity contribution in [1.29, 1.82) is 0 Å². The zero-order chi connectivity index (χ0) is 31.6. The third kappa shape index (κ3) is 8.88. The van der Waals surface area contributed by atoms with Gasteiger partial charge >= 0.3 is 0 Å². The Morgan fingerprint density at radius 1 is 0.932 bits per heavy atom. The van der Waals surface area contributed by atoms with E-state index in [1.54, 1.807) is 61.5 Å². The second-order valence-corrected chi connectivity index (χ2v) is 11.9. The molecule has 0 aromatic heterocycles. The van der Waals surface area contributed by atoms with E-state index in [9.17, 15) is 24.5 Å². The SMILES string of the molecule is CCC(Sc1cccc(NC(=O)/C(=C/c2ccc(Br)cc2)NC(=O)c2ccccc2)c1)C(=O)Nc1ccc([N+](=O)[O-])cc1C. The number of carbonyl (C=O) groups is 3. The molecule has 1 unspecified atom stereocenters. The fourth-order valence-electron chi connectivity index (χ4n) is 4.12. The first-order valence-electron chi connectivity index (χ1n) is 13.6. The third-order valence-corrected chi connectivity index (χ3v) is 8.31. The number of hydrogen-bond acceptors (Lipinski definition) is 6. The quantitative estimate of drug-likeness (QED) is 0.0651. The van der Waals surface area contributed by atoms with E-state index in [2.05, 4.69) is 31.9 Å². The highest BCUT2D eigenvalue weighted by molar-refractivity contribution is 9.10. The molecule has 4 aromatic carbocycles. The van der Waals surface area contributed by atoms with Gasteiger partial charge in [0, 0.05) is 38.4 Å². The van der Waals surface area contributed by atoms with Gasteiger partial charge in [0.25, 0.3) is 17.5 Å². The Morgan fingerprint density at radius 3 is 2.32 bits per heavy atom. The number of thioether (sulfide) groups is 1. The van der Waals surface area contributed by atoms with Crippen LogP contribution in [-0.4, -0.2) is 27.9 Å². The highest BCUT2D eigenvalue weighted by atomic mass is 79.9. The number of rotatable bonds is 11. The van der Waals surface area contributed by atoms with Gasteiger partial charge in [-0.3, -0.25) is 24.5 Å². The molecule has 0 aliphatic heterocycles. The summed E-state index contributed by atoms with van der Waals surface area (Å²) < 4.78 is 0.880. The minimum atomic E-state index is -0.516. The van der Waals surface area contributed by atoms with Gasteiger partial charge in [-0.25, -0.2) is 0 Å². The number of carbonyl (C=O) groups excluding carboxylic acids is 3. The number of halogens is 1. The number of non-ortho nitro benzene ring substituents is 1. The minimum Gasteiger partial charge on any atom is -0.325 e. The van der Waals surface area contributed by atoms with Crippen LogP contribution in [-0.2, 0) is 9.59 Å². The monoisotopic (exact) mass is 672 g/mol. The van der Waals surface area contributed by atoms with E-state index in [1.165, 1.54) is 30.0 Å². The van der Waals surface area contributed by atoms with Crippen molar-refractivity contribution in [3.63, 3.8) is 0 Å². The van der Waals surface area contributed by atoms with Crippen LogP contribution in [0.25, 0.3) is 6.08 Å². The third-order valence-electron chi connectivity index (χ3n) is 6.42. The molecular formula is C33H29BrN4O5S. The summed E-state index contributed by atoms with van der Waals surface area (Å²) in [5.41, 5.74) is 2.71. The lowest BCUT2D eigenvalue weighted by Crippen LogP contribution is -2.30. The van der Waals surface area contributed by atoms with E-state index in [1.807, 2.05) is 37.3 Å². The maximum absolute atomic E-state index is 13.4. The minimum absolute atomic E-state index is 0.0461.